The van der Waals surface area contributed by atoms with E-state index in [9.17, 15) is 5.11 Å². The van der Waals surface area contributed by atoms with Gasteiger partial charge in [-0.25, -0.2) is 0 Å². The molecular formula is C11H17NO3. The van der Waals surface area contributed by atoms with E-state index in [1.165, 1.54) is 7.11 Å². The third kappa shape index (κ3) is 2.84. The van der Waals surface area contributed by atoms with Crippen LogP contribution < -0.4 is 10.1 Å². The second-order valence-electron chi connectivity index (χ2n) is 3.22. The number of likely N-dealkylation sites (N-methyl/N-ethyl adjacent to an activating group) is 1. The second-order valence-corrected chi connectivity index (χ2v) is 3.22. The summed E-state index contributed by atoms with van der Waals surface area (Å²) in [7, 11) is 1.50. The first kappa shape index (κ1) is 11.8. The molecule has 1 aromatic carbocycles. The Labute approximate surface area is 89.5 Å². The largest absolute Gasteiger partial charge is 0.504 e. The highest BCUT2D eigenvalue weighted by atomic mass is 16.5. The fraction of sp³-hybridized carbons (Fsp3) is 0.455. The molecule has 0 aromatic heterocycles. The van der Waals surface area contributed by atoms with Crippen molar-refractivity contribution in [1.29, 1.82) is 0 Å². The smallest absolute Gasteiger partial charge is 0.160 e. The van der Waals surface area contributed by atoms with Crippen LogP contribution in [0.2, 0.25) is 0 Å². The standard InChI is InChI=1S/C11H17NO3/c1-3-12-9(7-13)8-4-5-11(15-2)10(14)6-8/h4-6,9,12-14H,3,7H2,1-2H3. The van der Waals surface area contributed by atoms with Gasteiger partial charge in [0.05, 0.1) is 19.8 Å². The minimum absolute atomic E-state index is 0.000388. The van der Waals surface area contributed by atoms with Crippen LogP contribution in [0.1, 0.15) is 18.5 Å². The number of benzene rings is 1. The van der Waals surface area contributed by atoms with E-state index in [1.54, 1.807) is 12.1 Å². The second kappa shape index (κ2) is 5.58. The molecule has 0 aliphatic rings. The van der Waals surface area contributed by atoms with E-state index in [4.69, 9.17) is 9.84 Å². The van der Waals surface area contributed by atoms with Crippen molar-refractivity contribution in [3.63, 3.8) is 0 Å². The molecule has 0 fully saturated rings. The predicted molar refractivity (Wildman–Crippen MR) is 58.2 cm³/mol. The van der Waals surface area contributed by atoms with Crippen LogP contribution in [0.4, 0.5) is 0 Å². The molecule has 0 saturated heterocycles. The Kier molecular flexibility index (Phi) is 4.39. The van der Waals surface area contributed by atoms with Gasteiger partial charge in [-0.15, -0.1) is 0 Å². The van der Waals surface area contributed by atoms with Crippen molar-refractivity contribution in [3.8, 4) is 11.5 Å². The summed E-state index contributed by atoms with van der Waals surface area (Å²) in [6.07, 6.45) is 0. The van der Waals surface area contributed by atoms with Gasteiger partial charge in [0, 0.05) is 0 Å². The van der Waals surface area contributed by atoms with Gasteiger partial charge >= 0.3 is 0 Å². The van der Waals surface area contributed by atoms with E-state index in [2.05, 4.69) is 5.32 Å². The molecule has 0 amide bonds. The van der Waals surface area contributed by atoms with Crippen molar-refractivity contribution >= 4 is 0 Å². The van der Waals surface area contributed by atoms with Gasteiger partial charge in [-0.3, -0.25) is 0 Å². The summed E-state index contributed by atoms with van der Waals surface area (Å²) in [4.78, 5) is 0. The molecule has 0 saturated carbocycles. The number of hydrogen-bond donors (Lipinski definition) is 3. The molecular weight excluding hydrogens is 194 g/mol. The first-order valence-electron chi connectivity index (χ1n) is 4.94. The van der Waals surface area contributed by atoms with Crippen molar-refractivity contribution in [3.05, 3.63) is 23.8 Å². The van der Waals surface area contributed by atoms with Crippen molar-refractivity contribution in [2.75, 3.05) is 20.3 Å². The molecule has 15 heavy (non-hydrogen) atoms. The third-order valence-corrected chi connectivity index (χ3v) is 2.24. The van der Waals surface area contributed by atoms with Crippen molar-refractivity contribution < 1.29 is 14.9 Å². The lowest BCUT2D eigenvalue weighted by molar-refractivity contribution is 0.246. The quantitative estimate of drug-likeness (QED) is 0.681. The van der Waals surface area contributed by atoms with Gasteiger partial charge in [0.15, 0.2) is 11.5 Å². The maximum Gasteiger partial charge on any atom is 0.160 e. The lowest BCUT2D eigenvalue weighted by Gasteiger charge is -2.16. The highest BCUT2D eigenvalue weighted by molar-refractivity contribution is 5.42. The van der Waals surface area contributed by atoms with E-state index in [1.807, 2.05) is 13.0 Å². The van der Waals surface area contributed by atoms with Crippen LogP contribution in [0.25, 0.3) is 0 Å². The molecule has 1 aromatic rings. The summed E-state index contributed by atoms with van der Waals surface area (Å²) in [5, 5.41) is 21.8. The van der Waals surface area contributed by atoms with E-state index in [0.29, 0.717) is 5.75 Å². The van der Waals surface area contributed by atoms with Gasteiger partial charge < -0.3 is 20.3 Å². The topological polar surface area (TPSA) is 61.7 Å². The minimum Gasteiger partial charge on any atom is -0.504 e. The average Bonchev–Trinajstić information content (AvgIpc) is 2.25. The number of aromatic hydroxyl groups is 1. The fourth-order valence-electron chi connectivity index (χ4n) is 1.46. The van der Waals surface area contributed by atoms with Crippen LogP contribution in [0, 0.1) is 0 Å². The van der Waals surface area contributed by atoms with Crippen molar-refractivity contribution in [2.24, 2.45) is 0 Å². The molecule has 84 valence electrons. The molecule has 0 aliphatic heterocycles. The van der Waals surface area contributed by atoms with Gasteiger partial charge in [-0.1, -0.05) is 13.0 Å². The molecule has 3 N–H and O–H groups in total. The Bertz CT molecular complexity index is 315. The number of phenols is 1. The number of ether oxygens (including phenoxy) is 1. The molecule has 1 unspecified atom stereocenters. The number of methoxy groups -OCH3 is 1. The van der Waals surface area contributed by atoms with Crippen LogP contribution in [0.3, 0.4) is 0 Å². The third-order valence-electron chi connectivity index (χ3n) is 2.24. The highest BCUT2D eigenvalue weighted by Crippen LogP contribution is 2.28. The van der Waals surface area contributed by atoms with Crippen molar-refractivity contribution in [1.82, 2.24) is 5.32 Å². The first-order chi connectivity index (χ1) is 7.22. The van der Waals surface area contributed by atoms with E-state index >= 15 is 0 Å². The highest BCUT2D eigenvalue weighted by Gasteiger charge is 2.11. The summed E-state index contributed by atoms with van der Waals surface area (Å²) in [5.41, 5.74) is 0.845. The number of hydrogen-bond acceptors (Lipinski definition) is 4. The summed E-state index contributed by atoms with van der Waals surface area (Å²) >= 11 is 0. The maximum absolute atomic E-state index is 9.57. The van der Waals surface area contributed by atoms with E-state index in [-0.39, 0.29) is 18.4 Å². The molecule has 0 spiro atoms. The fourth-order valence-corrected chi connectivity index (χ4v) is 1.46. The van der Waals surface area contributed by atoms with Crippen LogP contribution >= 0.6 is 0 Å². The Balaban J connectivity index is 2.89. The minimum atomic E-state index is -0.146. The lowest BCUT2D eigenvalue weighted by atomic mass is 10.1. The van der Waals surface area contributed by atoms with Gasteiger partial charge in [-0.2, -0.15) is 0 Å². The van der Waals surface area contributed by atoms with Crippen LogP contribution in [-0.4, -0.2) is 30.5 Å². The molecule has 1 rings (SSSR count). The molecule has 0 radical (unpaired) electrons. The summed E-state index contributed by atoms with van der Waals surface area (Å²) < 4.78 is 4.94. The zero-order valence-electron chi connectivity index (χ0n) is 9.03. The zero-order valence-corrected chi connectivity index (χ0v) is 9.03. The predicted octanol–water partition coefficient (Wildman–Crippen LogP) is 1.04. The molecule has 0 bridgehead atoms. The number of aliphatic hydroxyl groups excluding tert-OH is 1. The zero-order chi connectivity index (χ0) is 11.3. The molecule has 4 heteroatoms. The van der Waals surface area contributed by atoms with E-state index in [0.717, 1.165) is 12.1 Å². The summed E-state index contributed by atoms with van der Waals surface area (Å²) in [6, 6.07) is 4.96. The summed E-state index contributed by atoms with van der Waals surface area (Å²) in [6.45, 7) is 2.73. The number of phenolic OH excluding ortho intramolecular Hbond substituents is 1. The maximum atomic E-state index is 9.57. The average molecular weight is 211 g/mol. The lowest BCUT2D eigenvalue weighted by Crippen LogP contribution is -2.23. The normalized spacial score (nSPS) is 12.5. The summed E-state index contributed by atoms with van der Waals surface area (Å²) in [5.74, 6) is 0.526. The van der Waals surface area contributed by atoms with Gasteiger partial charge in [0.25, 0.3) is 0 Å². The molecule has 0 aliphatic carbocycles. The van der Waals surface area contributed by atoms with Gasteiger partial charge in [0.2, 0.25) is 0 Å². The Morgan fingerprint density at radius 3 is 2.67 bits per heavy atom. The first-order valence-corrected chi connectivity index (χ1v) is 4.94. The van der Waals surface area contributed by atoms with Crippen LogP contribution in [0.5, 0.6) is 11.5 Å². The molecule has 0 heterocycles. The van der Waals surface area contributed by atoms with Crippen LogP contribution in [0.15, 0.2) is 18.2 Å². The SMILES string of the molecule is CCNC(CO)c1ccc(OC)c(O)c1. The number of rotatable bonds is 5. The number of nitrogens with one attached hydrogen (secondary N) is 1. The Morgan fingerprint density at radius 1 is 1.47 bits per heavy atom. The Hall–Kier alpha value is -1.26. The molecule has 1 atom stereocenters. The van der Waals surface area contributed by atoms with E-state index < -0.39 is 0 Å². The van der Waals surface area contributed by atoms with Gasteiger partial charge in [0.1, 0.15) is 0 Å². The van der Waals surface area contributed by atoms with Crippen LogP contribution in [-0.2, 0) is 0 Å². The van der Waals surface area contributed by atoms with Crippen molar-refractivity contribution in [2.45, 2.75) is 13.0 Å². The monoisotopic (exact) mass is 211 g/mol. The number of aliphatic hydroxyl groups is 1. The Morgan fingerprint density at radius 2 is 2.20 bits per heavy atom. The molecule has 4 nitrogen and oxygen atoms in total. The van der Waals surface area contributed by atoms with Gasteiger partial charge in [-0.05, 0) is 24.2 Å².